The van der Waals surface area contributed by atoms with Gasteiger partial charge in [0.25, 0.3) is 5.66 Å². The zero-order valence-electron chi connectivity index (χ0n) is 22.5. The second kappa shape index (κ2) is 14.5. The number of alkyl halides is 5. The lowest BCUT2D eigenvalue weighted by Crippen LogP contribution is -2.52. The van der Waals surface area contributed by atoms with Crippen molar-refractivity contribution in [3.63, 3.8) is 0 Å². The Morgan fingerprint density at radius 1 is 1.03 bits per heavy atom. The maximum Gasteiger partial charge on any atom is 0.416 e. The molecule has 1 unspecified atom stereocenters. The maximum atomic E-state index is 13.6. The van der Waals surface area contributed by atoms with Gasteiger partial charge < -0.3 is 21.1 Å². The van der Waals surface area contributed by atoms with Crippen LogP contribution in [0.15, 0.2) is 18.2 Å². The molecule has 1 aliphatic carbocycles. The topological polar surface area (TPSA) is 95.7 Å². The molecule has 12 heteroatoms. The first-order valence-electron chi connectivity index (χ1n) is 13.1. The molecular weight excluding hydrogens is 528 g/mol. The minimum atomic E-state index is -4.89. The first-order valence-corrected chi connectivity index (χ1v) is 13.7. The van der Waals surface area contributed by atoms with Crippen molar-refractivity contribution in [2.75, 3.05) is 18.4 Å². The van der Waals surface area contributed by atoms with E-state index in [1.165, 1.54) is 0 Å². The minimum Gasteiger partial charge on any atom is -0.389 e. The van der Waals surface area contributed by atoms with E-state index in [1.807, 2.05) is 27.7 Å². The number of benzene rings is 1. The molecule has 0 aromatic heterocycles. The van der Waals surface area contributed by atoms with Crippen LogP contribution in [0.3, 0.4) is 0 Å². The van der Waals surface area contributed by atoms with Gasteiger partial charge in [-0.1, -0.05) is 49.8 Å². The molecule has 0 spiro atoms. The highest BCUT2D eigenvalue weighted by Gasteiger charge is 2.39. The molecule has 1 saturated heterocycles. The summed E-state index contributed by atoms with van der Waals surface area (Å²) in [6.45, 7) is 8.44. The fourth-order valence-corrected chi connectivity index (χ4v) is 4.75. The molecule has 2 amide bonds. The van der Waals surface area contributed by atoms with E-state index < -0.39 is 46.6 Å². The van der Waals surface area contributed by atoms with Gasteiger partial charge in [0.2, 0.25) is 11.8 Å². The Balaban J connectivity index is 0.00000172. The average Bonchev–Trinajstić information content (AvgIpc) is 2.85. The molecule has 1 heterocycles. The van der Waals surface area contributed by atoms with Crippen LogP contribution in [-0.4, -0.2) is 46.6 Å². The van der Waals surface area contributed by atoms with Crippen molar-refractivity contribution in [2.45, 2.75) is 96.1 Å². The Morgan fingerprint density at radius 3 is 2.05 bits per heavy atom. The standard InChI is InChI=1S/C22H29F5N3O3P.2C2H6/c23-21(24,25)13-9-14(22(26,27)34)11-15(10-13)29-18(31)12-20(33)5-7-30(8-6-20)19(32)16-3-1-2-4-17(16)28;2*1-2/h9-11,16-17,33H,1-8,12,28,34H2,(H,29,31);2*1-2H3/t16-,17+;;/m0../s1. The van der Waals surface area contributed by atoms with Crippen LogP contribution in [0, 0.1) is 5.92 Å². The summed E-state index contributed by atoms with van der Waals surface area (Å²) in [6, 6.07) is 1.45. The lowest BCUT2D eigenvalue weighted by atomic mass is 9.82. The van der Waals surface area contributed by atoms with Gasteiger partial charge in [-0.15, -0.1) is 0 Å². The molecule has 1 saturated carbocycles. The van der Waals surface area contributed by atoms with Crippen molar-refractivity contribution in [1.29, 1.82) is 0 Å². The Bertz CT molecular complexity index is 884. The van der Waals surface area contributed by atoms with Gasteiger partial charge in [-0.2, -0.15) is 22.0 Å². The number of carbonyl (C=O) groups excluding carboxylic acids is 2. The lowest BCUT2D eigenvalue weighted by Gasteiger charge is -2.40. The van der Waals surface area contributed by atoms with E-state index in [0.717, 1.165) is 41.0 Å². The van der Waals surface area contributed by atoms with Gasteiger partial charge in [0.05, 0.1) is 23.5 Å². The fraction of sp³-hybridized carbons (Fsp3) is 0.692. The largest absolute Gasteiger partial charge is 0.416 e. The molecule has 6 nitrogen and oxygen atoms in total. The summed E-state index contributed by atoms with van der Waals surface area (Å²) in [7, 11) is 1.16. The number of amides is 2. The number of halogens is 5. The van der Waals surface area contributed by atoms with Gasteiger partial charge in [-0.3, -0.25) is 9.59 Å². The molecule has 3 rings (SSSR count). The van der Waals surface area contributed by atoms with Crippen molar-refractivity contribution in [2.24, 2.45) is 11.7 Å². The molecule has 38 heavy (non-hydrogen) atoms. The van der Waals surface area contributed by atoms with Gasteiger partial charge >= 0.3 is 6.18 Å². The van der Waals surface area contributed by atoms with E-state index in [1.54, 1.807) is 4.90 Å². The van der Waals surface area contributed by atoms with E-state index >= 15 is 0 Å². The summed E-state index contributed by atoms with van der Waals surface area (Å²) >= 11 is 0. The number of piperidine rings is 1. The highest BCUT2D eigenvalue weighted by Crippen LogP contribution is 2.40. The third-order valence-corrected chi connectivity index (χ3v) is 6.89. The van der Waals surface area contributed by atoms with Crippen LogP contribution in [0.4, 0.5) is 27.6 Å². The lowest BCUT2D eigenvalue weighted by molar-refractivity contribution is -0.142. The zero-order chi connectivity index (χ0) is 29.3. The van der Waals surface area contributed by atoms with Gasteiger partial charge in [0, 0.05) is 30.4 Å². The summed E-state index contributed by atoms with van der Waals surface area (Å²) in [4.78, 5) is 26.9. The van der Waals surface area contributed by atoms with Crippen LogP contribution in [0.5, 0.6) is 0 Å². The van der Waals surface area contributed by atoms with E-state index in [-0.39, 0.29) is 43.8 Å². The number of carbonyl (C=O) groups is 2. The molecule has 1 aromatic rings. The van der Waals surface area contributed by atoms with Crippen LogP contribution in [0.1, 0.15) is 83.8 Å². The van der Waals surface area contributed by atoms with Gasteiger partial charge in [-0.25, -0.2) is 0 Å². The van der Waals surface area contributed by atoms with Crippen LogP contribution in [0.2, 0.25) is 0 Å². The van der Waals surface area contributed by atoms with E-state index in [0.29, 0.717) is 12.1 Å². The quantitative estimate of drug-likeness (QED) is 0.305. The molecule has 0 bridgehead atoms. The van der Waals surface area contributed by atoms with E-state index in [9.17, 15) is 36.6 Å². The van der Waals surface area contributed by atoms with Gasteiger partial charge in [-0.05, 0) is 43.9 Å². The second-order valence-electron chi connectivity index (χ2n) is 9.25. The van der Waals surface area contributed by atoms with Crippen LogP contribution in [-0.2, 0) is 21.4 Å². The number of likely N-dealkylation sites (tertiary alicyclic amines) is 1. The number of hydrogen-bond donors (Lipinski definition) is 3. The average molecular weight is 570 g/mol. The predicted molar refractivity (Wildman–Crippen MR) is 142 cm³/mol. The van der Waals surface area contributed by atoms with E-state index in [2.05, 4.69) is 5.32 Å². The van der Waals surface area contributed by atoms with Gasteiger partial charge in [0.15, 0.2) is 0 Å². The van der Waals surface area contributed by atoms with Crippen molar-refractivity contribution in [3.8, 4) is 0 Å². The summed E-state index contributed by atoms with van der Waals surface area (Å²) in [6.07, 6.45) is -1.70. The fourth-order valence-electron chi connectivity index (χ4n) is 4.58. The number of nitrogens with one attached hydrogen (secondary N) is 1. The third-order valence-electron chi connectivity index (χ3n) is 6.56. The number of rotatable bonds is 5. The summed E-state index contributed by atoms with van der Waals surface area (Å²) in [5, 5.41) is 13.0. The Morgan fingerprint density at radius 2 is 1.55 bits per heavy atom. The molecule has 2 aliphatic rings. The zero-order valence-corrected chi connectivity index (χ0v) is 23.7. The predicted octanol–water partition coefficient (Wildman–Crippen LogP) is 5.88. The molecule has 4 N–H and O–H groups in total. The second-order valence-corrected chi connectivity index (χ2v) is 9.97. The third kappa shape index (κ3) is 9.72. The monoisotopic (exact) mass is 569 g/mol. The Kier molecular flexibility index (Phi) is 13.1. The summed E-state index contributed by atoms with van der Waals surface area (Å²) < 4.78 is 66.6. The molecule has 1 aromatic carbocycles. The van der Waals surface area contributed by atoms with Crippen molar-refractivity contribution >= 4 is 26.7 Å². The molecule has 0 radical (unpaired) electrons. The smallest absolute Gasteiger partial charge is 0.389 e. The molecule has 218 valence electrons. The first kappa shape index (κ1) is 34.2. The summed E-state index contributed by atoms with van der Waals surface area (Å²) in [5.41, 5.74) is -1.70. The van der Waals surface area contributed by atoms with Crippen LogP contribution >= 0.6 is 9.24 Å². The van der Waals surface area contributed by atoms with Crippen LogP contribution < -0.4 is 11.1 Å². The normalized spacial score (nSPS) is 21.3. The number of anilines is 1. The van der Waals surface area contributed by atoms with Crippen molar-refractivity contribution < 1.29 is 36.6 Å². The number of aliphatic hydroxyl groups is 1. The number of nitrogens with zero attached hydrogens (tertiary/aromatic N) is 1. The van der Waals surface area contributed by atoms with Crippen molar-refractivity contribution in [1.82, 2.24) is 4.90 Å². The van der Waals surface area contributed by atoms with Crippen LogP contribution in [0.25, 0.3) is 0 Å². The number of nitrogens with two attached hydrogens (primary N) is 1. The molecular formula is C26H41F5N3O3P. The minimum absolute atomic E-state index is 0.0615. The number of hydrogen-bond acceptors (Lipinski definition) is 4. The molecule has 1 aliphatic heterocycles. The van der Waals surface area contributed by atoms with Crippen molar-refractivity contribution in [3.05, 3.63) is 29.3 Å². The first-order chi connectivity index (χ1) is 17.7. The molecule has 3 atom stereocenters. The van der Waals surface area contributed by atoms with Gasteiger partial charge in [0.1, 0.15) is 0 Å². The molecule has 2 fully saturated rings. The van der Waals surface area contributed by atoms with E-state index in [4.69, 9.17) is 5.73 Å². The highest BCUT2D eigenvalue weighted by molar-refractivity contribution is 7.17. The highest BCUT2D eigenvalue weighted by atomic mass is 31.0. The maximum absolute atomic E-state index is 13.6. The SMILES string of the molecule is CC.CC.N[C@@H]1CCCC[C@@H]1C(=O)N1CCC(O)(CC(=O)Nc2cc(C(F)(F)F)cc(C(F)(F)P)c2)CC1. The summed E-state index contributed by atoms with van der Waals surface area (Å²) in [5.74, 6) is -1.13. The Hall–Kier alpha value is -1.84. The Labute approximate surface area is 224 Å².